The normalized spacial score (nSPS) is 22.3. The second-order valence-electron chi connectivity index (χ2n) is 9.16. The first kappa shape index (κ1) is 22.3. The fourth-order valence-electron chi connectivity index (χ4n) is 4.98. The Balaban J connectivity index is 1.27. The molecule has 7 nitrogen and oxygen atoms in total. The van der Waals surface area contributed by atoms with Crippen molar-refractivity contribution in [3.05, 3.63) is 42.0 Å². The van der Waals surface area contributed by atoms with Gasteiger partial charge in [-0.05, 0) is 49.7 Å². The molecular weight excluding hydrogens is 432 g/mol. The van der Waals surface area contributed by atoms with Gasteiger partial charge < -0.3 is 14.1 Å². The van der Waals surface area contributed by atoms with Crippen LogP contribution in [0.25, 0.3) is 10.2 Å². The predicted octanol–water partition coefficient (Wildman–Crippen LogP) is 5.00. The Bertz CT molecular complexity index is 1140. The number of ether oxygens (including phenoxy) is 1. The van der Waals surface area contributed by atoms with Crippen molar-refractivity contribution in [1.29, 1.82) is 0 Å². The van der Waals surface area contributed by atoms with Crippen LogP contribution in [0.15, 0.2) is 46.6 Å². The Morgan fingerprint density at radius 3 is 2.58 bits per heavy atom. The number of aromatic nitrogens is 1. The van der Waals surface area contributed by atoms with Crippen molar-refractivity contribution in [2.75, 3.05) is 70.9 Å². The number of hydrogen-bond donors (Lipinski definition) is 0. The minimum absolute atomic E-state index is 0.660. The van der Waals surface area contributed by atoms with Crippen LogP contribution >= 0.6 is 11.3 Å². The van der Waals surface area contributed by atoms with Crippen LogP contribution in [0.5, 0.6) is 5.75 Å². The number of quaternary nitrogens is 1. The summed E-state index contributed by atoms with van der Waals surface area (Å²) in [5.41, 5.74) is 4.19. The van der Waals surface area contributed by atoms with Crippen molar-refractivity contribution >= 4 is 38.1 Å². The molecule has 0 saturated carbocycles. The van der Waals surface area contributed by atoms with Crippen molar-refractivity contribution in [3.63, 3.8) is 0 Å². The standard InChI is InChI=1S/C25H33N6OS/c1-4-30(12-16-31-13-9-29(10-14-31)11-15-31)20-5-7-22(19(2)17-20)27-28-25-26-23-18-21(32-3)6-8-24(23)33-25/h5-8,17-18H,4,9-16H2,1-3H3/q+1. The summed E-state index contributed by atoms with van der Waals surface area (Å²) in [5, 5.41) is 9.58. The summed E-state index contributed by atoms with van der Waals surface area (Å²) >= 11 is 1.54. The van der Waals surface area contributed by atoms with Gasteiger partial charge in [0.1, 0.15) is 5.75 Å². The summed E-state index contributed by atoms with van der Waals surface area (Å²) < 4.78 is 7.66. The number of fused-ring (bicyclic) bond motifs is 4. The summed E-state index contributed by atoms with van der Waals surface area (Å²) in [4.78, 5) is 9.69. The van der Waals surface area contributed by atoms with Gasteiger partial charge in [0.2, 0.25) is 5.13 Å². The highest BCUT2D eigenvalue weighted by molar-refractivity contribution is 7.21. The van der Waals surface area contributed by atoms with Crippen molar-refractivity contribution < 1.29 is 9.22 Å². The Hall–Kier alpha value is -2.55. The first-order chi connectivity index (χ1) is 16.1. The van der Waals surface area contributed by atoms with Gasteiger partial charge in [-0.15, -0.1) is 10.2 Å². The van der Waals surface area contributed by atoms with Gasteiger partial charge in [-0.1, -0.05) is 11.3 Å². The Labute approximate surface area is 199 Å². The summed E-state index contributed by atoms with van der Waals surface area (Å²) in [6.45, 7) is 15.5. The average molecular weight is 466 g/mol. The SMILES string of the molecule is CCN(CC[N+]12CCN(CC1)CC2)c1ccc(N=Nc2nc3cc(OC)ccc3s2)c(C)c1. The van der Waals surface area contributed by atoms with E-state index >= 15 is 0 Å². The number of piperazine rings is 3. The molecule has 0 radical (unpaired) electrons. The largest absolute Gasteiger partial charge is 0.497 e. The van der Waals surface area contributed by atoms with Crippen molar-refractivity contribution in [1.82, 2.24) is 9.88 Å². The lowest BCUT2D eigenvalue weighted by molar-refractivity contribution is -0.939. The lowest BCUT2D eigenvalue weighted by Crippen LogP contribution is -2.68. The highest BCUT2D eigenvalue weighted by Crippen LogP contribution is 2.33. The first-order valence-corrected chi connectivity index (χ1v) is 12.7. The molecule has 174 valence electrons. The number of nitrogens with zero attached hydrogens (tertiary/aromatic N) is 6. The monoisotopic (exact) mass is 465 g/mol. The van der Waals surface area contributed by atoms with Crippen LogP contribution in [0.4, 0.5) is 16.5 Å². The molecule has 0 N–H and O–H groups in total. The lowest BCUT2D eigenvalue weighted by Gasteiger charge is -2.51. The quantitative estimate of drug-likeness (QED) is 0.347. The van der Waals surface area contributed by atoms with Gasteiger partial charge in [-0.2, -0.15) is 0 Å². The number of azo groups is 1. The number of anilines is 1. The van der Waals surface area contributed by atoms with E-state index in [2.05, 4.69) is 57.1 Å². The molecule has 8 heteroatoms. The molecule has 0 spiro atoms. The van der Waals surface area contributed by atoms with Crippen LogP contribution in [0.1, 0.15) is 12.5 Å². The summed E-state index contributed by atoms with van der Waals surface area (Å²) in [6.07, 6.45) is 0. The molecule has 0 atom stereocenters. The van der Waals surface area contributed by atoms with E-state index in [9.17, 15) is 0 Å². The molecule has 0 aliphatic carbocycles. The highest BCUT2D eigenvalue weighted by Gasteiger charge is 2.38. The van der Waals surface area contributed by atoms with Gasteiger partial charge in [0.15, 0.2) is 0 Å². The first-order valence-electron chi connectivity index (χ1n) is 11.9. The molecule has 1 aromatic heterocycles. The molecule has 3 saturated heterocycles. The van der Waals surface area contributed by atoms with Gasteiger partial charge in [0, 0.05) is 37.9 Å². The number of thiazole rings is 1. The van der Waals surface area contributed by atoms with Crippen LogP contribution in [-0.4, -0.2) is 80.4 Å². The predicted molar refractivity (Wildman–Crippen MR) is 136 cm³/mol. The van der Waals surface area contributed by atoms with Crippen LogP contribution < -0.4 is 9.64 Å². The van der Waals surface area contributed by atoms with Gasteiger partial charge in [0.05, 0.1) is 55.7 Å². The van der Waals surface area contributed by atoms with Crippen LogP contribution in [0.3, 0.4) is 0 Å². The number of likely N-dealkylation sites (N-methyl/N-ethyl adjacent to an activating group) is 1. The highest BCUT2D eigenvalue weighted by atomic mass is 32.1. The van der Waals surface area contributed by atoms with E-state index in [4.69, 9.17) is 4.74 Å². The molecule has 33 heavy (non-hydrogen) atoms. The minimum Gasteiger partial charge on any atom is -0.497 e. The molecule has 3 fully saturated rings. The average Bonchev–Trinajstić information content (AvgIpc) is 3.27. The molecule has 2 bridgehead atoms. The third kappa shape index (κ3) is 4.74. The van der Waals surface area contributed by atoms with Gasteiger partial charge in [-0.3, -0.25) is 4.90 Å². The fourth-order valence-corrected chi connectivity index (χ4v) is 5.75. The summed E-state index contributed by atoms with van der Waals surface area (Å²) in [5.74, 6) is 0.801. The summed E-state index contributed by atoms with van der Waals surface area (Å²) in [6, 6.07) is 12.4. The van der Waals surface area contributed by atoms with Crippen molar-refractivity contribution in [2.45, 2.75) is 13.8 Å². The zero-order valence-electron chi connectivity index (χ0n) is 19.8. The number of methoxy groups -OCH3 is 1. The number of hydrogen-bond acceptors (Lipinski definition) is 7. The van der Waals surface area contributed by atoms with E-state index in [1.807, 2.05) is 18.2 Å². The van der Waals surface area contributed by atoms with E-state index in [1.165, 1.54) is 67.3 Å². The fraction of sp³-hybridized carbons (Fsp3) is 0.480. The molecule has 0 unspecified atom stereocenters. The number of benzene rings is 2. The summed E-state index contributed by atoms with van der Waals surface area (Å²) in [7, 11) is 1.66. The van der Waals surface area contributed by atoms with E-state index in [0.717, 1.165) is 40.3 Å². The van der Waals surface area contributed by atoms with Crippen molar-refractivity contribution in [3.8, 4) is 5.75 Å². The smallest absolute Gasteiger partial charge is 0.231 e. The molecule has 2 aromatic carbocycles. The third-order valence-electron chi connectivity index (χ3n) is 7.27. The second-order valence-corrected chi connectivity index (χ2v) is 10.2. The Morgan fingerprint density at radius 2 is 1.88 bits per heavy atom. The maximum Gasteiger partial charge on any atom is 0.231 e. The molecule has 3 aliphatic heterocycles. The topological polar surface area (TPSA) is 53.3 Å². The minimum atomic E-state index is 0.660. The Morgan fingerprint density at radius 1 is 1.09 bits per heavy atom. The number of aryl methyl sites for hydroxylation is 1. The molecule has 6 rings (SSSR count). The maximum atomic E-state index is 5.29. The maximum absolute atomic E-state index is 5.29. The third-order valence-corrected chi connectivity index (χ3v) is 8.19. The van der Waals surface area contributed by atoms with E-state index in [-0.39, 0.29) is 0 Å². The molecule has 0 amide bonds. The van der Waals surface area contributed by atoms with Crippen LogP contribution in [0, 0.1) is 6.92 Å². The van der Waals surface area contributed by atoms with E-state index in [0.29, 0.717) is 5.13 Å². The second kappa shape index (κ2) is 9.37. The van der Waals surface area contributed by atoms with Crippen molar-refractivity contribution in [2.24, 2.45) is 10.2 Å². The zero-order chi connectivity index (χ0) is 22.8. The molecular formula is C25H33N6OS+. The molecule has 3 aromatic rings. The van der Waals surface area contributed by atoms with Gasteiger partial charge >= 0.3 is 0 Å². The van der Waals surface area contributed by atoms with Gasteiger partial charge in [0.25, 0.3) is 0 Å². The zero-order valence-corrected chi connectivity index (χ0v) is 20.6. The Kier molecular flexibility index (Phi) is 6.32. The molecule has 3 aliphatic rings. The van der Waals surface area contributed by atoms with Crippen LogP contribution in [-0.2, 0) is 0 Å². The van der Waals surface area contributed by atoms with E-state index < -0.39 is 0 Å². The molecule has 4 heterocycles. The lowest BCUT2D eigenvalue weighted by atomic mass is 10.1. The van der Waals surface area contributed by atoms with Crippen LogP contribution in [0.2, 0.25) is 0 Å². The van der Waals surface area contributed by atoms with Gasteiger partial charge in [-0.25, -0.2) is 4.98 Å². The number of rotatable bonds is 8. The van der Waals surface area contributed by atoms with E-state index in [1.54, 1.807) is 7.11 Å².